The smallest absolute Gasteiger partial charge is 0.329 e. The van der Waals surface area contributed by atoms with Gasteiger partial charge in [0.1, 0.15) is 6.04 Å². The van der Waals surface area contributed by atoms with Crippen LogP contribution in [0.5, 0.6) is 0 Å². The molecule has 6 nitrogen and oxygen atoms in total. The lowest BCUT2D eigenvalue weighted by molar-refractivity contribution is -0.140. The second-order valence-corrected chi connectivity index (χ2v) is 2.97. The molecule has 76 valence electrons. The summed E-state index contributed by atoms with van der Waals surface area (Å²) in [7, 11) is 0. The first-order valence-electron chi connectivity index (χ1n) is 3.98. The van der Waals surface area contributed by atoms with Crippen LogP contribution < -0.4 is 11.2 Å². The Morgan fingerprint density at radius 3 is 2.64 bits per heavy atom. The fourth-order valence-electron chi connectivity index (χ4n) is 1.05. The molecule has 0 radical (unpaired) electrons. The number of nitrogens with one attached hydrogen (secondary N) is 1. The minimum Gasteiger partial charge on any atom is -0.480 e. The summed E-state index contributed by atoms with van der Waals surface area (Å²) in [5.74, 6) is -1.22. The van der Waals surface area contributed by atoms with E-state index in [2.05, 4.69) is 4.98 Å². The summed E-state index contributed by atoms with van der Waals surface area (Å²) in [6.07, 6.45) is 1.26. The van der Waals surface area contributed by atoms with Crippen molar-refractivity contribution in [3.8, 4) is 0 Å². The molecule has 0 fully saturated rings. The zero-order valence-corrected chi connectivity index (χ0v) is 7.77. The third-order valence-electron chi connectivity index (χ3n) is 1.93. The number of H-pyrrole nitrogens is 1. The molecule has 1 unspecified atom stereocenters. The third-order valence-corrected chi connectivity index (χ3v) is 1.93. The average Bonchev–Trinajstić information content (AvgIpc) is 2.12. The number of aliphatic carboxylic acids is 1. The highest BCUT2D eigenvalue weighted by Gasteiger charge is 2.17. The van der Waals surface area contributed by atoms with E-state index in [1.54, 1.807) is 0 Å². The van der Waals surface area contributed by atoms with Gasteiger partial charge < -0.3 is 10.1 Å². The van der Waals surface area contributed by atoms with Crippen LogP contribution in [0.1, 0.15) is 18.5 Å². The van der Waals surface area contributed by atoms with Crippen molar-refractivity contribution in [3.05, 3.63) is 32.6 Å². The van der Waals surface area contributed by atoms with Gasteiger partial charge in [0.2, 0.25) is 0 Å². The van der Waals surface area contributed by atoms with Crippen molar-refractivity contribution >= 4 is 5.97 Å². The third kappa shape index (κ3) is 1.59. The maximum absolute atomic E-state index is 11.4. The molecular weight excluding hydrogens is 188 g/mol. The van der Waals surface area contributed by atoms with Crippen molar-refractivity contribution in [1.82, 2.24) is 9.55 Å². The molecule has 1 rings (SSSR count). The van der Waals surface area contributed by atoms with Gasteiger partial charge in [0.05, 0.1) is 0 Å². The SMILES string of the molecule is Cc1c[nH]c(=O)n(C(C)C(=O)O)c1=O. The maximum Gasteiger partial charge on any atom is 0.329 e. The van der Waals surface area contributed by atoms with E-state index in [1.165, 1.54) is 20.0 Å². The summed E-state index contributed by atoms with van der Waals surface area (Å²) in [6.45, 7) is 2.78. The zero-order valence-electron chi connectivity index (χ0n) is 7.77. The number of aromatic amines is 1. The lowest BCUT2D eigenvalue weighted by atomic mass is 10.3. The minimum absolute atomic E-state index is 0.303. The normalized spacial score (nSPS) is 12.4. The van der Waals surface area contributed by atoms with E-state index in [1.807, 2.05) is 0 Å². The van der Waals surface area contributed by atoms with Gasteiger partial charge in [-0.05, 0) is 13.8 Å². The molecule has 6 heteroatoms. The van der Waals surface area contributed by atoms with Crippen LogP contribution in [0.3, 0.4) is 0 Å². The van der Waals surface area contributed by atoms with Crippen LogP contribution in [0.4, 0.5) is 0 Å². The molecule has 1 aromatic heterocycles. The highest BCUT2D eigenvalue weighted by atomic mass is 16.4. The number of aromatic nitrogens is 2. The Labute approximate surface area is 78.8 Å². The van der Waals surface area contributed by atoms with Gasteiger partial charge >= 0.3 is 11.7 Å². The predicted octanol–water partition coefficient (Wildman–Crippen LogP) is -0.509. The largest absolute Gasteiger partial charge is 0.480 e. The van der Waals surface area contributed by atoms with Gasteiger partial charge in [0.25, 0.3) is 5.56 Å². The number of rotatable bonds is 2. The highest BCUT2D eigenvalue weighted by Crippen LogP contribution is 1.97. The second-order valence-electron chi connectivity index (χ2n) is 2.97. The maximum atomic E-state index is 11.4. The lowest BCUT2D eigenvalue weighted by Crippen LogP contribution is -2.40. The van der Waals surface area contributed by atoms with Gasteiger partial charge in [-0.25, -0.2) is 14.2 Å². The molecule has 1 heterocycles. The quantitative estimate of drug-likeness (QED) is 0.669. The van der Waals surface area contributed by atoms with E-state index in [0.717, 1.165) is 0 Å². The van der Waals surface area contributed by atoms with E-state index in [0.29, 0.717) is 10.1 Å². The molecule has 0 bridgehead atoms. The lowest BCUT2D eigenvalue weighted by Gasteiger charge is -2.08. The van der Waals surface area contributed by atoms with Crippen molar-refractivity contribution in [2.24, 2.45) is 0 Å². The molecule has 0 aromatic carbocycles. The molecule has 0 aliphatic rings. The molecule has 0 saturated carbocycles. The number of carbonyl (C=O) groups is 1. The first-order chi connectivity index (χ1) is 6.45. The molecule has 0 saturated heterocycles. The Morgan fingerprint density at radius 2 is 2.14 bits per heavy atom. The van der Waals surface area contributed by atoms with Gasteiger partial charge in [-0.2, -0.15) is 0 Å². The van der Waals surface area contributed by atoms with Crippen LogP contribution in [-0.4, -0.2) is 20.6 Å². The molecule has 1 aromatic rings. The zero-order chi connectivity index (χ0) is 10.9. The summed E-state index contributed by atoms with van der Waals surface area (Å²) in [5.41, 5.74) is -0.989. The van der Waals surface area contributed by atoms with E-state index in [4.69, 9.17) is 5.11 Å². The van der Waals surface area contributed by atoms with Gasteiger partial charge in [-0.1, -0.05) is 0 Å². The Morgan fingerprint density at radius 1 is 1.57 bits per heavy atom. The van der Waals surface area contributed by atoms with Crippen molar-refractivity contribution < 1.29 is 9.90 Å². The summed E-state index contributed by atoms with van der Waals surface area (Å²) >= 11 is 0. The Kier molecular flexibility index (Phi) is 2.55. The monoisotopic (exact) mass is 198 g/mol. The molecule has 0 aliphatic heterocycles. The number of hydrogen-bond acceptors (Lipinski definition) is 3. The molecule has 0 spiro atoms. The van der Waals surface area contributed by atoms with E-state index in [9.17, 15) is 14.4 Å². The number of hydrogen-bond donors (Lipinski definition) is 2. The van der Waals surface area contributed by atoms with Crippen molar-refractivity contribution in [3.63, 3.8) is 0 Å². The van der Waals surface area contributed by atoms with Crippen molar-refractivity contribution in [2.75, 3.05) is 0 Å². The van der Waals surface area contributed by atoms with Gasteiger partial charge in [-0.3, -0.25) is 4.79 Å². The van der Waals surface area contributed by atoms with Crippen LogP contribution in [-0.2, 0) is 4.79 Å². The summed E-state index contributed by atoms with van der Waals surface area (Å²) in [6, 6.07) is -1.16. The molecule has 0 aliphatic carbocycles. The average molecular weight is 198 g/mol. The Balaban J connectivity index is 3.48. The summed E-state index contributed by atoms with van der Waals surface area (Å²) in [5, 5.41) is 8.66. The Bertz CT molecular complexity index is 471. The van der Waals surface area contributed by atoms with Crippen molar-refractivity contribution in [1.29, 1.82) is 0 Å². The highest BCUT2D eigenvalue weighted by molar-refractivity contribution is 5.71. The van der Waals surface area contributed by atoms with Gasteiger partial charge in [-0.15, -0.1) is 0 Å². The minimum atomic E-state index is -1.22. The number of carboxylic acids is 1. The predicted molar refractivity (Wildman–Crippen MR) is 48.4 cm³/mol. The fourth-order valence-corrected chi connectivity index (χ4v) is 1.05. The van der Waals surface area contributed by atoms with Crippen LogP contribution >= 0.6 is 0 Å². The topological polar surface area (TPSA) is 92.2 Å². The molecule has 0 amide bonds. The van der Waals surface area contributed by atoms with Gasteiger partial charge in [0.15, 0.2) is 0 Å². The number of aryl methyl sites for hydroxylation is 1. The van der Waals surface area contributed by atoms with E-state index in [-0.39, 0.29) is 0 Å². The first kappa shape index (κ1) is 10.2. The van der Waals surface area contributed by atoms with Crippen LogP contribution in [0.15, 0.2) is 15.8 Å². The molecule has 1 atom stereocenters. The number of nitrogens with zero attached hydrogens (tertiary/aromatic N) is 1. The van der Waals surface area contributed by atoms with Crippen LogP contribution in [0, 0.1) is 6.92 Å². The Hall–Kier alpha value is -1.85. The summed E-state index contributed by atoms with van der Waals surface area (Å²) in [4.78, 5) is 35.5. The number of carboxylic acid groups (broad SMARTS) is 1. The van der Waals surface area contributed by atoms with Crippen LogP contribution in [0.2, 0.25) is 0 Å². The fraction of sp³-hybridized carbons (Fsp3) is 0.375. The van der Waals surface area contributed by atoms with Gasteiger partial charge in [0, 0.05) is 11.8 Å². The van der Waals surface area contributed by atoms with Crippen LogP contribution in [0.25, 0.3) is 0 Å². The molecular formula is C8H10N2O4. The molecule has 14 heavy (non-hydrogen) atoms. The van der Waals surface area contributed by atoms with E-state index < -0.39 is 23.3 Å². The first-order valence-corrected chi connectivity index (χ1v) is 3.98. The standard InChI is InChI=1S/C8H10N2O4/c1-4-3-9-8(14)10(6(4)11)5(2)7(12)13/h3,5H,1-2H3,(H,9,14)(H,12,13). The second kappa shape index (κ2) is 3.49. The molecule has 2 N–H and O–H groups in total. The van der Waals surface area contributed by atoms with E-state index >= 15 is 0 Å². The summed E-state index contributed by atoms with van der Waals surface area (Å²) < 4.78 is 0.678. The van der Waals surface area contributed by atoms with Crippen molar-refractivity contribution in [2.45, 2.75) is 19.9 Å².